The number of carbonyl (C=O) groups is 1. The number of para-hydroxylation sites is 2. The van der Waals surface area contributed by atoms with Crippen molar-refractivity contribution in [2.24, 2.45) is 5.10 Å². The van der Waals surface area contributed by atoms with Crippen LogP contribution in [0, 0.1) is 0 Å². The van der Waals surface area contributed by atoms with E-state index in [4.69, 9.17) is 4.74 Å². The van der Waals surface area contributed by atoms with Gasteiger partial charge in [-0.15, -0.1) is 0 Å². The van der Waals surface area contributed by atoms with Crippen molar-refractivity contribution in [3.05, 3.63) is 72.4 Å². The quantitative estimate of drug-likeness (QED) is 0.423. The van der Waals surface area contributed by atoms with Crippen molar-refractivity contribution in [2.75, 3.05) is 12.0 Å². The second-order valence-corrected chi connectivity index (χ2v) is 5.43. The minimum Gasteiger partial charge on any atom is -0.461 e. The molecule has 0 saturated carbocycles. The Morgan fingerprint density at radius 1 is 1.04 bits per heavy atom. The molecular weight excluding hydrogens is 314 g/mol. The maximum Gasteiger partial charge on any atom is 0.354 e. The lowest BCUT2D eigenvalue weighted by atomic mass is 10.1. The first kappa shape index (κ1) is 16.6. The smallest absolute Gasteiger partial charge is 0.354 e. The fourth-order valence-corrected chi connectivity index (χ4v) is 2.39. The van der Waals surface area contributed by atoms with E-state index in [1.165, 1.54) is 0 Å². The van der Waals surface area contributed by atoms with E-state index in [2.05, 4.69) is 15.5 Å². The van der Waals surface area contributed by atoms with E-state index in [-0.39, 0.29) is 5.71 Å². The van der Waals surface area contributed by atoms with E-state index >= 15 is 0 Å². The van der Waals surface area contributed by atoms with Gasteiger partial charge >= 0.3 is 5.97 Å². The highest BCUT2D eigenvalue weighted by atomic mass is 16.5. The van der Waals surface area contributed by atoms with Gasteiger partial charge in [-0.2, -0.15) is 5.10 Å². The molecule has 5 nitrogen and oxygen atoms in total. The Hall–Kier alpha value is -3.21. The Labute approximate surface area is 146 Å². The summed E-state index contributed by atoms with van der Waals surface area (Å²) in [5.74, 6) is -0.444. The molecule has 2 aromatic carbocycles. The molecule has 0 atom stereocenters. The zero-order valence-corrected chi connectivity index (χ0v) is 14.0. The topological polar surface area (TPSA) is 63.6 Å². The molecule has 126 valence electrons. The molecule has 1 heterocycles. The van der Waals surface area contributed by atoms with Crippen LogP contribution in [-0.4, -0.2) is 23.3 Å². The molecule has 0 bridgehead atoms. The maximum atomic E-state index is 12.2. The van der Waals surface area contributed by atoms with Crippen LogP contribution in [0.25, 0.3) is 10.9 Å². The highest BCUT2D eigenvalue weighted by Crippen LogP contribution is 2.13. The Morgan fingerprint density at radius 2 is 1.80 bits per heavy atom. The van der Waals surface area contributed by atoms with Crippen LogP contribution in [0.5, 0.6) is 0 Å². The first-order chi connectivity index (χ1) is 12.3. The number of rotatable bonds is 6. The van der Waals surface area contributed by atoms with Gasteiger partial charge in [0, 0.05) is 17.5 Å². The zero-order valence-electron chi connectivity index (χ0n) is 14.0. The fraction of sp³-hybridized carbons (Fsp3) is 0.150. The molecule has 0 spiro atoms. The lowest BCUT2D eigenvalue weighted by molar-refractivity contribution is -0.135. The number of pyridine rings is 1. The first-order valence-electron chi connectivity index (χ1n) is 8.15. The molecule has 0 saturated heterocycles. The third-order valence-electron chi connectivity index (χ3n) is 3.61. The van der Waals surface area contributed by atoms with Crippen molar-refractivity contribution >= 4 is 28.3 Å². The summed E-state index contributed by atoms with van der Waals surface area (Å²) >= 11 is 0. The Balaban J connectivity index is 1.84. The lowest BCUT2D eigenvalue weighted by Gasteiger charge is -2.08. The van der Waals surface area contributed by atoms with Crippen LogP contribution in [0.4, 0.5) is 5.69 Å². The SMILES string of the molecule is CCOC(=O)/C(Cc1ccc2ccccc2n1)=N/Nc1ccccc1. The number of benzene rings is 2. The van der Waals surface area contributed by atoms with E-state index in [0.29, 0.717) is 13.0 Å². The number of hydrogen-bond donors (Lipinski definition) is 1. The summed E-state index contributed by atoms with van der Waals surface area (Å²) < 4.78 is 5.11. The second kappa shape index (κ2) is 8.06. The van der Waals surface area contributed by atoms with Gasteiger partial charge in [0.25, 0.3) is 0 Å². The van der Waals surface area contributed by atoms with Crippen LogP contribution < -0.4 is 5.43 Å². The molecule has 3 aromatic rings. The summed E-state index contributed by atoms with van der Waals surface area (Å²) in [6.45, 7) is 2.07. The van der Waals surface area contributed by atoms with Crippen molar-refractivity contribution < 1.29 is 9.53 Å². The van der Waals surface area contributed by atoms with Crippen LogP contribution in [0.15, 0.2) is 71.8 Å². The summed E-state index contributed by atoms with van der Waals surface area (Å²) in [6.07, 6.45) is 0.295. The molecule has 0 fully saturated rings. The van der Waals surface area contributed by atoms with Crippen molar-refractivity contribution in [2.45, 2.75) is 13.3 Å². The number of hydrogen-bond acceptors (Lipinski definition) is 5. The highest BCUT2D eigenvalue weighted by molar-refractivity contribution is 6.37. The average Bonchev–Trinajstić information content (AvgIpc) is 2.66. The van der Waals surface area contributed by atoms with Gasteiger partial charge in [0.2, 0.25) is 0 Å². The molecule has 1 N–H and O–H groups in total. The van der Waals surface area contributed by atoms with Crippen molar-refractivity contribution in [1.29, 1.82) is 0 Å². The van der Waals surface area contributed by atoms with E-state index < -0.39 is 5.97 Å². The molecule has 1 aromatic heterocycles. The molecule has 0 aliphatic carbocycles. The summed E-state index contributed by atoms with van der Waals surface area (Å²) in [6, 6.07) is 21.2. The minimum atomic E-state index is -0.444. The largest absolute Gasteiger partial charge is 0.461 e. The summed E-state index contributed by atoms with van der Waals surface area (Å²) in [7, 11) is 0. The highest BCUT2D eigenvalue weighted by Gasteiger charge is 2.15. The van der Waals surface area contributed by atoms with Gasteiger partial charge in [-0.25, -0.2) is 4.79 Å². The van der Waals surface area contributed by atoms with Crippen LogP contribution in [0.1, 0.15) is 12.6 Å². The molecule has 0 amide bonds. The minimum absolute atomic E-state index is 0.286. The predicted octanol–water partition coefficient (Wildman–Crippen LogP) is 3.81. The van der Waals surface area contributed by atoms with E-state index in [0.717, 1.165) is 22.3 Å². The van der Waals surface area contributed by atoms with Crippen molar-refractivity contribution in [3.8, 4) is 0 Å². The Bertz CT molecular complexity index is 892. The predicted molar refractivity (Wildman–Crippen MR) is 99.6 cm³/mol. The van der Waals surface area contributed by atoms with Gasteiger partial charge in [0.05, 0.1) is 17.8 Å². The van der Waals surface area contributed by atoms with Gasteiger partial charge in [-0.1, -0.05) is 42.5 Å². The lowest BCUT2D eigenvalue weighted by Crippen LogP contribution is -2.22. The third kappa shape index (κ3) is 4.41. The summed E-state index contributed by atoms with van der Waals surface area (Å²) in [4.78, 5) is 16.8. The van der Waals surface area contributed by atoms with Crippen LogP contribution in [0.3, 0.4) is 0 Å². The van der Waals surface area contributed by atoms with E-state index in [1.54, 1.807) is 6.92 Å². The van der Waals surface area contributed by atoms with E-state index in [9.17, 15) is 4.79 Å². The van der Waals surface area contributed by atoms with Crippen molar-refractivity contribution in [1.82, 2.24) is 4.98 Å². The Morgan fingerprint density at radius 3 is 2.60 bits per heavy atom. The molecule has 0 radical (unpaired) electrons. The number of carbonyl (C=O) groups excluding carboxylic acids is 1. The number of esters is 1. The number of nitrogens with zero attached hydrogens (tertiary/aromatic N) is 2. The number of ether oxygens (including phenoxy) is 1. The van der Waals surface area contributed by atoms with Gasteiger partial charge in [-0.05, 0) is 31.2 Å². The molecule has 3 rings (SSSR count). The zero-order chi connectivity index (χ0) is 17.5. The fourth-order valence-electron chi connectivity index (χ4n) is 2.39. The number of aromatic nitrogens is 1. The number of hydrazone groups is 1. The molecule has 0 unspecified atom stereocenters. The maximum absolute atomic E-state index is 12.2. The summed E-state index contributed by atoms with van der Waals surface area (Å²) in [5, 5.41) is 5.30. The number of fused-ring (bicyclic) bond motifs is 1. The molecule has 5 heteroatoms. The van der Waals surface area contributed by atoms with Gasteiger partial charge in [-0.3, -0.25) is 10.4 Å². The van der Waals surface area contributed by atoms with Crippen LogP contribution in [0.2, 0.25) is 0 Å². The monoisotopic (exact) mass is 333 g/mol. The number of anilines is 1. The molecule has 0 aliphatic rings. The van der Waals surface area contributed by atoms with Gasteiger partial charge < -0.3 is 4.74 Å². The second-order valence-electron chi connectivity index (χ2n) is 5.43. The normalized spacial score (nSPS) is 11.3. The van der Waals surface area contributed by atoms with Crippen LogP contribution in [-0.2, 0) is 16.0 Å². The standard InChI is InChI=1S/C20H19N3O2/c1-2-25-20(24)19(23-22-16-9-4-3-5-10-16)14-17-13-12-15-8-6-7-11-18(15)21-17/h3-13,22H,2,14H2,1H3/b23-19+. The van der Waals surface area contributed by atoms with E-state index in [1.807, 2.05) is 66.7 Å². The average molecular weight is 333 g/mol. The molecular formula is C20H19N3O2. The molecule has 0 aliphatic heterocycles. The van der Waals surface area contributed by atoms with Crippen molar-refractivity contribution in [3.63, 3.8) is 0 Å². The van der Waals surface area contributed by atoms with Crippen LogP contribution >= 0.6 is 0 Å². The Kier molecular flexibility index (Phi) is 5.36. The number of nitrogens with one attached hydrogen (secondary N) is 1. The van der Waals surface area contributed by atoms with Gasteiger partial charge in [0.15, 0.2) is 5.71 Å². The third-order valence-corrected chi connectivity index (χ3v) is 3.61. The molecule has 25 heavy (non-hydrogen) atoms. The summed E-state index contributed by atoms with van der Waals surface area (Å²) in [5.41, 5.74) is 5.64. The van der Waals surface area contributed by atoms with Gasteiger partial charge in [0.1, 0.15) is 0 Å². The first-order valence-corrected chi connectivity index (χ1v) is 8.15.